The highest BCUT2D eigenvalue weighted by atomic mass is 79.9. The molecule has 0 unspecified atom stereocenters. The molecular weight excluding hydrogens is 358 g/mol. The molecule has 132 valence electrons. The fourth-order valence-electron chi connectivity index (χ4n) is 2.10. The van der Waals surface area contributed by atoms with Gasteiger partial charge in [-0.3, -0.25) is 0 Å². The van der Waals surface area contributed by atoms with Crippen LogP contribution in [0, 0.1) is 0 Å². The molecule has 0 fully saturated rings. The highest BCUT2D eigenvalue weighted by Crippen LogP contribution is 2.36. The van der Waals surface area contributed by atoms with E-state index in [1.807, 2.05) is 6.07 Å². The Labute approximate surface area is 149 Å². The number of benzene rings is 1. The summed E-state index contributed by atoms with van der Waals surface area (Å²) in [6, 6.07) is 4.11. The predicted octanol–water partition coefficient (Wildman–Crippen LogP) is 4.54. The van der Waals surface area contributed by atoms with Gasteiger partial charge in [-0.25, -0.2) is 0 Å². The van der Waals surface area contributed by atoms with Gasteiger partial charge in [0, 0.05) is 19.8 Å². The summed E-state index contributed by atoms with van der Waals surface area (Å²) in [5.74, 6) is 1.55. The van der Waals surface area contributed by atoms with Gasteiger partial charge in [-0.15, -0.1) is 0 Å². The number of hydrogen-bond donors (Lipinski definition) is 1. The van der Waals surface area contributed by atoms with E-state index >= 15 is 0 Å². The van der Waals surface area contributed by atoms with Crippen LogP contribution in [0.4, 0.5) is 0 Å². The van der Waals surface area contributed by atoms with Crippen LogP contribution in [0.3, 0.4) is 0 Å². The van der Waals surface area contributed by atoms with Gasteiger partial charge in [-0.05, 0) is 59.4 Å². The van der Waals surface area contributed by atoms with Crippen LogP contribution < -0.4 is 14.8 Å². The number of halogens is 1. The molecule has 0 aliphatic heterocycles. The number of rotatable bonds is 13. The van der Waals surface area contributed by atoms with Crippen molar-refractivity contribution in [3.8, 4) is 11.5 Å². The monoisotopic (exact) mass is 387 g/mol. The van der Waals surface area contributed by atoms with Gasteiger partial charge < -0.3 is 19.5 Å². The Balaban J connectivity index is 2.38. The molecule has 5 heteroatoms. The standard InChI is InChI=1S/C18H30BrNO3/c1-4-6-10-22-11-7-8-20-14-15-12-16(19)18(23-9-5-2)17(13-15)21-3/h12-13,20H,4-11,14H2,1-3H3. The maximum Gasteiger partial charge on any atom is 0.175 e. The van der Waals surface area contributed by atoms with Gasteiger partial charge in [0.05, 0.1) is 18.2 Å². The zero-order valence-corrected chi connectivity index (χ0v) is 16.2. The summed E-state index contributed by atoms with van der Waals surface area (Å²) in [4.78, 5) is 0. The lowest BCUT2D eigenvalue weighted by Gasteiger charge is -2.14. The minimum Gasteiger partial charge on any atom is -0.493 e. The molecule has 23 heavy (non-hydrogen) atoms. The summed E-state index contributed by atoms with van der Waals surface area (Å²) in [5.41, 5.74) is 1.17. The van der Waals surface area contributed by atoms with Crippen LogP contribution >= 0.6 is 15.9 Å². The quantitative estimate of drug-likeness (QED) is 0.504. The van der Waals surface area contributed by atoms with Gasteiger partial charge in [0.2, 0.25) is 0 Å². The number of nitrogens with one attached hydrogen (secondary N) is 1. The number of methoxy groups -OCH3 is 1. The molecule has 0 amide bonds. The topological polar surface area (TPSA) is 39.7 Å². The Morgan fingerprint density at radius 3 is 2.52 bits per heavy atom. The average molecular weight is 388 g/mol. The van der Waals surface area contributed by atoms with Crippen LogP contribution in [-0.4, -0.2) is 33.5 Å². The third-order valence-corrected chi connectivity index (χ3v) is 3.94. The zero-order chi connectivity index (χ0) is 16.9. The van der Waals surface area contributed by atoms with Crippen molar-refractivity contribution in [1.82, 2.24) is 5.32 Å². The first-order valence-electron chi connectivity index (χ1n) is 8.50. The average Bonchev–Trinajstić information content (AvgIpc) is 2.55. The van der Waals surface area contributed by atoms with E-state index in [0.717, 1.165) is 61.5 Å². The van der Waals surface area contributed by atoms with Gasteiger partial charge in [0.1, 0.15) is 0 Å². The zero-order valence-electron chi connectivity index (χ0n) is 14.6. The Kier molecular flexibility index (Phi) is 11.1. The van der Waals surface area contributed by atoms with E-state index in [-0.39, 0.29) is 0 Å². The smallest absolute Gasteiger partial charge is 0.175 e. The molecule has 1 N–H and O–H groups in total. The van der Waals surface area contributed by atoms with Gasteiger partial charge in [-0.2, -0.15) is 0 Å². The van der Waals surface area contributed by atoms with E-state index in [2.05, 4.69) is 41.2 Å². The Morgan fingerprint density at radius 2 is 1.83 bits per heavy atom. The maximum atomic E-state index is 5.74. The SMILES string of the molecule is CCCCOCCCNCc1cc(Br)c(OCCC)c(OC)c1. The second kappa shape index (κ2) is 12.6. The molecule has 0 aliphatic rings. The molecule has 0 atom stereocenters. The molecule has 4 nitrogen and oxygen atoms in total. The molecular formula is C18H30BrNO3. The molecule has 0 aromatic heterocycles. The fourth-order valence-corrected chi connectivity index (χ4v) is 2.70. The summed E-state index contributed by atoms with van der Waals surface area (Å²) < 4.78 is 17.7. The van der Waals surface area contributed by atoms with E-state index in [1.54, 1.807) is 7.11 Å². The van der Waals surface area contributed by atoms with E-state index in [4.69, 9.17) is 14.2 Å². The van der Waals surface area contributed by atoms with E-state index in [9.17, 15) is 0 Å². The number of unbranched alkanes of at least 4 members (excludes halogenated alkanes) is 1. The van der Waals surface area contributed by atoms with Crippen molar-refractivity contribution >= 4 is 15.9 Å². The van der Waals surface area contributed by atoms with Crippen LogP contribution in [-0.2, 0) is 11.3 Å². The molecule has 0 radical (unpaired) electrons. The molecule has 1 aromatic carbocycles. The van der Waals surface area contributed by atoms with Gasteiger partial charge in [0.25, 0.3) is 0 Å². The normalized spacial score (nSPS) is 10.8. The summed E-state index contributed by atoms with van der Waals surface area (Å²) in [5, 5.41) is 3.44. The largest absolute Gasteiger partial charge is 0.493 e. The summed E-state index contributed by atoms with van der Waals surface area (Å²) >= 11 is 3.57. The molecule has 1 aromatic rings. The lowest BCUT2D eigenvalue weighted by atomic mass is 10.2. The van der Waals surface area contributed by atoms with Crippen molar-refractivity contribution in [1.29, 1.82) is 0 Å². The Morgan fingerprint density at radius 1 is 1.04 bits per heavy atom. The first kappa shape index (κ1) is 20.3. The predicted molar refractivity (Wildman–Crippen MR) is 98.5 cm³/mol. The van der Waals surface area contributed by atoms with Crippen LogP contribution in [0.1, 0.15) is 45.1 Å². The summed E-state index contributed by atoms with van der Waals surface area (Å²) in [7, 11) is 1.67. The maximum absolute atomic E-state index is 5.74. The first-order chi connectivity index (χ1) is 11.2. The van der Waals surface area contributed by atoms with E-state index in [1.165, 1.54) is 12.0 Å². The second-order valence-electron chi connectivity index (χ2n) is 5.45. The molecule has 0 heterocycles. The van der Waals surface area contributed by atoms with E-state index < -0.39 is 0 Å². The van der Waals surface area contributed by atoms with Crippen LogP contribution in [0.5, 0.6) is 11.5 Å². The van der Waals surface area contributed by atoms with Crippen LogP contribution in [0.15, 0.2) is 16.6 Å². The minimum absolute atomic E-state index is 0.685. The van der Waals surface area contributed by atoms with Crippen LogP contribution in [0.2, 0.25) is 0 Å². The van der Waals surface area contributed by atoms with Crippen molar-refractivity contribution in [2.45, 2.75) is 46.1 Å². The van der Waals surface area contributed by atoms with Gasteiger partial charge in [0.15, 0.2) is 11.5 Å². The highest BCUT2D eigenvalue weighted by Gasteiger charge is 2.11. The molecule has 0 aliphatic carbocycles. The summed E-state index contributed by atoms with van der Waals surface area (Å²) in [6.07, 6.45) is 4.33. The van der Waals surface area contributed by atoms with Crippen molar-refractivity contribution in [3.05, 3.63) is 22.2 Å². The Hall–Kier alpha value is -0.780. The Bertz CT molecular complexity index is 441. The van der Waals surface area contributed by atoms with Gasteiger partial charge >= 0.3 is 0 Å². The van der Waals surface area contributed by atoms with Crippen molar-refractivity contribution in [3.63, 3.8) is 0 Å². The number of ether oxygens (including phenoxy) is 3. The van der Waals surface area contributed by atoms with Crippen molar-refractivity contribution < 1.29 is 14.2 Å². The highest BCUT2D eigenvalue weighted by molar-refractivity contribution is 9.10. The van der Waals surface area contributed by atoms with Crippen molar-refractivity contribution in [2.75, 3.05) is 33.5 Å². The third kappa shape index (κ3) is 8.04. The number of hydrogen-bond acceptors (Lipinski definition) is 4. The molecule has 1 rings (SSSR count). The third-order valence-electron chi connectivity index (χ3n) is 3.35. The molecule has 0 spiro atoms. The van der Waals surface area contributed by atoms with E-state index in [0.29, 0.717) is 6.61 Å². The fraction of sp³-hybridized carbons (Fsp3) is 0.667. The van der Waals surface area contributed by atoms with Gasteiger partial charge in [-0.1, -0.05) is 20.3 Å². The molecule has 0 saturated heterocycles. The molecule has 0 bridgehead atoms. The lowest BCUT2D eigenvalue weighted by Crippen LogP contribution is -2.16. The molecule has 0 saturated carbocycles. The second-order valence-corrected chi connectivity index (χ2v) is 6.31. The van der Waals surface area contributed by atoms with Crippen molar-refractivity contribution in [2.24, 2.45) is 0 Å². The summed E-state index contributed by atoms with van der Waals surface area (Å²) in [6.45, 7) is 8.40. The lowest BCUT2D eigenvalue weighted by molar-refractivity contribution is 0.129. The minimum atomic E-state index is 0.685. The first-order valence-corrected chi connectivity index (χ1v) is 9.29. The van der Waals surface area contributed by atoms with Crippen LogP contribution in [0.25, 0.3) is 0 Å².